The van der Waals surface area contributed by atoms with Crippen molar-refractivity contribution in [2.45, 2.75) is 13.8 Å². The van der Waals surface area contributed by atoms with Gasteiger partial charge in [-0.1, -0.05) is 0 Å². The van der Waals surface area contributed by atoms with Crippen LogP contribution in [0, 0.1) is 11.3 Å². The van der Waals surface area contributed by atoms with Crippen molar-refractivity contribution in [3.05, 3.63) is 11.3 Å². The predicted molar refractivity (Wildman–Crippen MR) is 42.0 cm³/mol. The Morgan fingerprint density at radius 3 is 2.50 bits per heavy atom. The molecule has 0 bridgehead atoms. The number of methoxy groups -OCH3 is 1. The molecule has 0 saturated heterocycles. The van der Waals surface area contributed by atoms with E-state index in [9.17, 15) is 4.79 Å². The molecular formula is C8H11NO3. The van der Waals surface area contributed by atoms with Crippen molar-refractivity contribution in [1.29, 1.82) is 5.26 Å². The molecule has 0 amide bonds. The molecule has 0 aromatic carbocycles. The summed E-state index contributed by atoms with van der Waals surface area (Å²) in [5.74, 6) is -0.365. The molecule has 0 aliphatic heterocycles. The molecular weight excluding hydrogens is 158 g/mol. The lowest BCUT2D eigenvalue weighted by Crippen LogP contribution is -2.08. The number of rotatable bonds is 3. The largest absolute Gasteiger partial charge is 0.500 e. The number of nitriles is 1. The third-order valence-electron chi connectivity index (χ3n) is 1.25. The van der Waals surface area contributed by atoms with Crippen molar-refractivity contribution < 1.29 is 14.3 Å². The second kappa shape index (κ2) is 5.19. The minimum absolute atomic E-state index is 0.0839. The van der Waals surface area contributed by atoms with Gasteiger partial charge in [0.25, 0.3) is 0 Å². The first-order valence-electron chi connectivity index (χ1n) is 3.49. The van der Waals surface area contributed by atoms with Gasteiger partial charge in [0.15, 0.2) is 5.57 Å². The number of carbonyl (C=O) groups excluding carboxylic acids is 1. The van der Waals surface area contributed by atoms with E-state index in [1.54, 1.807) is 13.0 Å². The highest BCUT2D eigenvalue weighted by molar-refractivity contribution is 5.93. The van der Waals surface area contributed by atoms with Crippen LogP contribution in [0.2, 0.25) is 0 Å². The summed E-state index contributed by atoms with van der Waals surface area (Å²) in [4.78, 5) is 11.0. The zero-order chi connectivity index (χ0) is 9.56. The molecule has 66 valence electrons. The van der Waals surface area contributed by atoms with Crippen LogP contribution in [0.3, 0.4) is 0 Å². The van der Waals surface area contributed by atoms with Gasteiger partial charge in [0.2, 0.25) is 0 Å². The third kappa shape index (κ3) is 2.62. The highest BCUT2D eigenvalue weighted by Gasteiger charge is 2.13. The Bertz CT molecular complexity index is 237. The first kappa shape index (κ1) is 10.5. The second-order valence-corrected chi connectivity index (χ2v) is 1.97. The van der Waals surface area contributed by atoms with Crippen molar-refractivity contribution >= 4 is 5.97 Å². The van der Waals surface area contributed by atoms with Gasteiger partial charge >= 0.3 is 5.97 Å². The van der Waals surface area contributed by atoms with Gasteiger partial charge in [0.05, 0.1) is 13.7 Å². The van der Waals surface area contributed by atoms with Gasteiger partial charge in [0.1, 0.15) is 11.8 Å². The molecule has 0 fully saturated rings. The van der Waals surface area contributed by atoms with E-state index < -0.39 is 5.97 Å². The van der Waals surface area contributed by atoms with Crippen LogP contribution < -0.4 is 0 Å². The average molecular weight is 169 g/mol. The summed E-state index contributed by atoms with van der Waals surface area (Å²) in [7, 11) is 1.39. The molecule has 0 unspecified atom stereocenters. The Morgan fingerprint density at radius 2 is 2.17 bits per heavy atom. The number of hydrogen-bond acceptors (Lipinski definition) is 4. The number of hydrogen-bond donors (Lipinski definition) is 0. The number of nitrogens with zero attached hydrogens (tertiary/aromatic N) is 1. The fourth-order valence-electron chi connectivity index (χ4n) is 0.573. The Morgan fingerprint density at radius 1 is 1.58 bits per heavy atom. The van der Waals surface area contributed by atoms with Gasteiger partial charge in [-0.2, -0.15) is 5.26 Å². The standard InChI is InChI=1S/C8H11NO3/c1-4-12-8(10)7(5-9)6(2)11-3/h4H2,1-3H3/b7-6+. The van der Waals surface area contributed by atoms with Crippen LogP contribution in [0.15, 0.2) is 11.3 Å². The first-order chi connectivity index (χ1) is 5.67. The predicted octanol–water partition coefficient (Wildman–Crippen LogP) is 0.993. The zero-order valence-corrected chi connectivity index (χ0v) is 7.38. The number of ether oxygens (including phenoxy) is 2. The number of carbonyl (C=O) groups is 1. The highest BCUT2D eigenvalue weighted by Crippen LogP contribution is 2.05. The molecule has 4 heteroatoms. The van der Waals surface area contributed by atoms with Crippen LogP contribution in [-0.2, 0) is 14.3 Å². The molecule has 12 heavy (non-hydrogen) atoms. The molecule has 0 aromatic rings. The van der Waals surface area contributed by atoms with E-state index in [-0.39, 0.29) is 17.9 Å². The molecule has 4 nitrogen and oxygen atoms in total. The number of esters is 1. The summed E-state index contributed by atoms with van der Waals surface area (Å²) in [5.41, 5.74) is -0.0839. The summed E-state index contributed by atoms with van der Waals surface area (Å²) in [6.07, 6.45) is 0. The van der Waals surface area contributed by atoms with E-state index in [1.807, 2.05) is 0 Å². The number of allylic oxidation sites excluding steroid dienone is 1. The summed E-state index contributed by atoms with van der Waals surface area (Å²) in [6, 6.07) is 1.72. The minimum atomic E-state index is -0.639. The maximum Gasteiger partial charge on any atom is 0.352 e. The maximum absolute atomic E-state index is 11.0. The van der Waals surface area contributed by atoms with Crippen LogP contribution in [0.5, 0.6) is 0 Å². The Kier molecular flexibility index (Phi) is 4.54. The van der Waals surface area contributed by atoms with E-state index in [4.69, 9.17) is 10.00 Å². The third-order valence-corrected chi connectivity index (χ3v) is 1.25. The molecule has 0 atom stereocenters. The fourth-order valence-corrected chi connectivity index (χ4v) is 0.573. The molecule has 0 aliphatic carbocycles. The lowest BCUT2D eigenvalue weighted by atomic mass is 10.2. The maximum atomic E-state index is 11.0. The summed E-state index contributed by atoms with van der Waals surface area (Å²) in [6.45, 7) is 3.46. The normalized spacial score (nSPS) is 11.2. The van der Waals surface area contributed by atoms with Crippen LogP contribution in [-0.4, -0.2) is 19.7 Å². The quantitative estimate of drug-likeness (QED) is 0.273. The monoisotopic (exact) mass is 169 g/mol. The Balaban J connectivity index is 4.59. The van der Waals surface area contributed by atoms with Gasteiger partial charge in [-0.25, -0.2) is 4.79 Å². The van der Waals surface area contributed by atoms with Crippen LogP contribution >= 0.6 is 0 Å². The van der Waals surface area contributed by atoms with Crippen LogP contribution in [0.4, 0.5) is 0 Å². The van der Waals surface area contributed by atoms with E-state index in [0.29, 0.717) is 0 Å². The minimum Gasteiger partial charge on any atom is -0.500 e. The lowest BCUT2D eigenvalue weighted by molar-refractivity contribution is -0.138. The summed E-state index contributed by atoms with van der Waals surface area (Å²) < 4.78 is 9.35. The fraction of sp³-hybridized carbons (Fsp3) is 0.500. The zero-order valence-electron chi connectivity index (χ0n) is 7.38. The van der Waals surface area contributed by atoms with E-state index in [2.05, 4.69) is 4.74 Å². The molecule has 0 aliphatic rings. The van der Waals surface area contributed by atoms with E-state index in [0.717, 1.165) is 0 Å². The van der Waals surface area contributed by atoms with Gasteiger partial charge in [-0.15, -0.1) is 0 Å². The molecule has 0 radical (unpaired) electrons. The first-order valence-corrected chi connectivity index (χ1v) is 3.49. The van der Waals surface area contributed by atoms with E-state index >= 15 is 0 Å². The Hall–Kier alpha value is -1.50. The van der Waals surface area contributed by atoms with Gasteiger partial charge in [-0.3, -0.25) is 0 Å². The lowest BCUT2D eigenvalue weighted by Gasteiger charge is -2.02. The van der Waals surface area contributed by atoms with Crippen molar-refractivity contribution in [3.8, 4) is 6.07 Å². The molecule has 0 aromatic heterocycles. The molecule has 0 spiro atoms. The van der Waals surface area contributed by atoms with Gasteiger partial charge < -0.3 is 9.47 Å². The average Bonchev–Trinajstić information content (AvgIpc) is 2.06. The van der Waals surface area contributed by atoms with Crippen molar-refractivity contribution in [2.75, 3.05) is 13.7 Å². The van der Waals surface area contributed by atoms with Crippen molar-refractivity contribution in [3.63, 3.8) is 0 Å². The second-order valence-electron chi connectivity index (χ2n) is 1.97. The molecule has 0 N–H and O–H groups in total. The smallest absolute Gasteiger partial charge is 0.352 e. The van der Waals surface area contributed by atoms with Gasteiger partial charge in [-0.05, 0) is 13.8 Å². The van der Waals surface area contributed by atoms with Crippen molar-refractivity contribution in [1.82, 2.24) is 0 Å². The van der Waals surface area contributed by atoms with E-state index in [1.165, 1.54) is 14.0 Å². The van der Waals surface area contributed by atoms with Crippen molar-refractivity contribution in [2.24, 2.45) is 0 Å². The van der Waals surface area contributed by atoms with Gasteiger partial charge in [0, 0.05) is 0 Å². The van der Waals surface area contributed by atoms with Crippen LogP contribution in [0.25, 0.3) is 0 Å². The summed E-state index contributed by atoms with van der Waals surface area (Å²) in [5, 5.41) is 8.54. The molecule has 0 heterocycles. The highest BCUT2D eigenvalue weighted by atomic mass is 16.5. The molecule has 0 rings (SSSR count). The summed E-state index contributed by atoms with van der Waals surface area (Å²) >= 11 is 0. The molecule has 0 saturated carbocycles. The SMILES string of the molecule is CCOC(=O)/C(C#N)=C(\C)OC. The van der Waals surface area contributed by atoms with Crippen LogP contribution in [0.1, 0.15) is 13.8 Å². The topological polar surface area (TPSA) is 59.3 Å². The Labute approximate surface area is 71.4 Å².